The molecule has 5 rings (SSSR count). The van der Waals surface area contributed by atoms with Crippen LogP contribution in [0.4, 0.5) is 5.69 Å². The minimum absolute atomic E-state index is 0.0802. The Hall–Kier alpha value is -3.29. The normalized spacial score (nSPS) is 19.2. The molecule has 184 valence electrons. The molecule has 1 N–H and O–H groups in total. The quantitative estimate of drug-likeness (QED) is 0.559. The highest BCUT2D eigenvalue weighted by molar-refractivity contribution is 5.58. The zero-order valence-electron chi connectivity index (χ0n) is 20.2. The molecule has 3 aromatic rings. The van der Waals surface area contributed by atoms with Crippen molar-refractivity contribution >= 4 is 5.69 Å². The lowest BCUT2D eigenvalue weighted by Gasteiger charge is -2.36. The molecule has 1 atom stereocenters. The fraction of sp³-hybridized carbons (Fsp3) is 0.393. The van der Waals surface area contributed by atoms with Gasteiger partial charge in [0.05, 0.1) is 18.4 Å². The first kappa shape index (κ1) is 23.5. The van der Waals surface area contributed by atoms with Crippen molar-refractivity contribution < 1.29 is 14.3 Å². The molecule has 0 bridgehead atoms. The van der Waals surface area contributed by atoms with Gasteiger partial charge >= 0.3 is 5.63 Å². The third-order valence-electron chi connectivity index (χ3n) is 7.26. The van der Waals surface area contributed by atoms with Gasteiger partial charge in [0.15, 0.2) is 0 Å². The Kier molecular flexibility index (Phi) is 7.06. The molecule has 0 amide bonds. The largest absolute Gasteiger partial charge is 0.507 e. The molecule has 0 aliphatic carbocycles. The monoisotopic (exact) mass is 475 g/mol. The number of benzene rings is 2. The number of nitrogens with zero attached hydrogens (tertiary/aromatic N) is 3. The van der Waals surface area contributed by atoms with Crippen molar-refractivity contribution in [1.82, 2.24) is 9.80 Å². The number of para-hydroxylation sites is 2. The maximum atomic E-state index is 12.5. The van der Waals surface area contributed by atoms with Gasteiger partial charge in [-0.3, -0.25) is 9.80 Å². The molecule has 2 aromatic carbocycles. The van der Waals surface area contributed by atoms with Gasteiger partial charge in [-0.05, 0) is 36.6 Å². The molecule has 2 aliphatic rings. The highest BCUT2D eigenvalue weighted by Crippen LogP contribution is 2.31. The Bertz CT molecular complexity index is 1190. The zero-order valence-corrected chi connectivity index (χ0v) is 20.2. The van der Waals surface area contributed by atoms with Gasteiger partial charge in [0.1, 0.15) is 17.8 Å². The van der Waals surface area contributed by atoms with Crippen LogP contribution in [0.2, 0.25) is 0 Å². The standard InChI is InChI=1S/C28H33N3O4/c1-34-26-10-6-5-9-25(26)31-15-13-29(14-16-31)18-23-20-35-28(33)24(27(23)32)19-30-12-11-22(17-30)21-7-3-2-4-8-21/h2-10,20,22,32H,11-19H2,1H3/t22-/m1/s1. The van der Waals surface area contributed by atoms with Gasteiger partial charge in [-0.15, -0.1) is 0 Å². The maximum absolute atomic E-state index is 12.5. The average Bonchev–Trinajstić information content (AvgIpc) is 3.38. The van der Waals surface area contributed by atoms with Crippen molar-refractivity contribution in [1.29, 1.82) is 0 Å². The lowest BCUT2D eigenvalue weighted by atomic mass is 9.99. The fourth-order valence-electron chi connectivity index (χ4n) is 5.27. The summed E-state index contributed by atoms with van der Waals surface area (Å²) in [6.45, 7) is 6.14. The second-order valence-electron chi connectivity index (χ2n) is 9.44. The highest BCUT2D eigenvalue weighted by atomic mass is 16.5. The van der Waals surface area contributed by atoms with Crippen LogP contribution in [-0.2, 0) is 13.1 Å². The summed E-state index contributed by atoms with van der Waals surface area (Å²) in [7, 11) is 1.70. The Morgan fingerprint density at radius 2 is 1.69 bits per heavy atom. The van der Waals surface area contributed by atoms with E-state index in [-0.39, 0.29) is 5.75 Å². The summed E-state index contributed by atoms with van der Waals surface area (Å²) in [6.07, 6.45) is 2.47. The van der Waals surface area contributed by atoms with Crippen molar-refractivity contribution in [2.75, 3.05) is 51.3 Å². The van der Waals surface area contributed by atoms with Crippen LogP contribution < -0.4 is 15.3 Å². The van der Waals surface area contributed by atoms with E-state index in [1.165, 1.54) is 11.8 Å². The predicted octanol–water partition coefficient (Wildman–Crippen LogP) is 3.67. The molecule has 7 nitrogen and oxygen atoms in total. The van der Waals surface area contributed by atoms with E-state index in [4.69, 9.17) is 9.15 Å². The number of ether oxygens (including phenoxy) is 1. The summed E-state index contributed by atoms with van der Waals surface area (Å²) in [5.74, 6) is 1.41. The van der Waals surface area contributed by atoms with Crippen LogP contribution in [0.1, 0.15) is 29.0 Å². The summed E-state index contributed by atoms with van der Waals surface area (Å²) >= 11 is 0. The first-order chi connectivity index (χ1) is 17.1. The van der Waals surface area contributed by atoms with Crippen molar-refractivity contribution in [2.24, 2.45) is 0 Å². The van der Waals surface area contributed by atoms with Crippen molar-refractivity contribution in [2.45, 2.75) is 25.4 Å². The van der Waals surface area contributed by atoms with Crippen LogP contribution in [0.15, 0.2) is 70.1 Å². The Balaban J connectivity index is 1.22. The van der Waals surface area contributed by atoms with Crippen LogP contribution in [0, 0.1) is 0 Å². The molecule has 1 aromatic heterocycles. The summed E-state index contributed by atoms with van der Waals surface area (Å²) in [5, 5.41) is 11.0. The molecular weight excluding hydrogens is 442 g/mol. The maximum Gasteiger partial charge on any atom is 0.343 e. The van der Waals surface area contributed by atoms with Crippen LogP contribution in [0.5, 0.6) is 11.5 Å². The summed E-state index contributed by atoms with van der Waals surface area (Å²) < 4.78 is 10.9. The molecule has 7 heteroatoms. The van der Waals surface area contributed by atoms with E-state index >= 15 is 0 Å². The topological polar surface area (TPSA) is 69.4 Å². The minimum atomic E-state index is -0.449. The lowest BCUT2D eigenvalue weighted by molar-refractivity contribution is 0.241. The van der Waals surface area contributed by atoms with Gasteiger partial charge in [0, 0.05) is 51.4 Å². The van der Waals surface area contributed by atoms with E-state index in [1.54, 1.807) is 7.11 Å². The number of anilines is 1. The summed E-state index contributed by atoms with van der Waals surface area (Å²) in [5.41, 5.74) is 3.01. The smallest absolute Gasteiger partial charge is 0.343 e. The van der Waals surface area contributed by atoms with Crippen LogP contribution in [0.25, 0.3) is 0 Å². The van der Waals surface area contributed by atoms with Crippen LogP contribution in [0.3, 0.4) is 0 Å². The first-order valence-corrected chi connectivity index (χ1v) is 12.3. The van der Waals surface area contributed by atoms with Crippen LogP contribution in [-0.4, -0.2) is 61.3 Å². The molecular formula is C28H33N3O4. The number of likely N-dealkylation sites (tertiary alicyclic amines) is 1. The second-order valence-corrected chi connectivity index (χ2v) is 9.44. The van der Waals surface area contributed by atoms with Gasteiger partial charge in [-0.25, -0.2) is 4.79 Å². The Morgan fingerprint density at radius 1 is 0.943 bits per heavy atom. The summed E-state index contributed by atoms with van der Waals surface area (Å²) in [6, 6.07) is 18.6. The van der Waals surface area contributed by atoms with Crippen molar-refractivity contribution in [3.8, 4) is 11.5 Å². The van der Waals surface area contributed by atoms with Gasteiger partial charge in [-0.1, -0.05) is 42.5 Å². The molecule has 0 spiro atoms. The number of aromatic hydroxyl groups is 1. The lowest BCUT2D eigenvalue weighted by Crippen LogP contribution is -2.46. The predicted molar refractivity (Wildman–Crippen MR) is 136 cm³/mol. The van der Waals surface area contributed by atoms with Crippen molar-refractivity contribution in [3.63, 3.8) is 0 Å². The summed E-state index contributed by atoms with van der Waals surface area (Å²) in [4.78, 5) is 19.3. The third-order valence-corrected chi connectivity index (χ3v) is 7.26. The van der Waals surface area contributed by atoms with E-state index in [9.17, 15) is 9.90 Å². The average molecular weight is 476 g/mol. The molecule has 2 saturated heterocycles. The van der Waals surface area contributed by atoms with E-state index < -0.39 is 5.63 Å². The number of hydrogen-bond acceptors (Lipinski definition) is 7. The molecule has 3 heterocycles. The van der Waals surface area contributed by atoms with Gasteiger partial charge in [0.2, 0.25) is 0 Å². The SMILES string of the molecule is COc1ccccc1N1CCN(Cc2coc(=O)c(CN3CC[C@@H](c4ccccc4)C3)c2O)CC1. The third kappa shape index (κ3) is 5.21. The number of piperazine rings is 1. The van der Waals surface area contributed by atoms with E-state index in [1.807, 2.05) is 24.3 Å². The van der Waals surface area contributed by atoms with E-state index in [0.29, 0.717) is 30.1 Å². The van der Waals surface area contributed by atoms with E-state index in [2.05, 4.69) is 45.0 Å². The molecule has 2 aliphatic heterocycles. The number of rotatable bonds is 7. The molecule has 0 unspecified atom stereocenters. The zero-order chi connectivity index (χ0) is 24.2. The van der Waals surface area contributed by atoms with Gasteiger partial charge in [0.25, 0.3) is 0 Å². The Labute approximate surface area is 206 Å². The van der Waals surface area contributed by atoms with Gasteiger partial charge in [-0.2, -0.15) is 0 Å². The molecule has 2 fully saturated rings. The number of hydrogen-bond donors (Lipinski definition) is 1. The molecule has 35 heavy (non-hydrogen) atoms. The minimum Gasteiger partial charge on any atom is -0.507 e. The van der Waals surface area contributed by atoms with Crippen molar-refractivity contribution in [3.05, 3.63) is 88.0 Å². The second kappa shape index (κ2) is 10.5. The molecule has 0 radical (unpaired) electrons. The first-order valence-electron chi connectivity index (χ1n) is 12.3. The highest BCUT2D eigenvalue weighted by Gasteiger charge is 2.27. The van der Waals surface area contributed by atoms with E-state index in [0.717, 1.165) is 57.1 Å². The van der Waals surface area contributed by atoms with Gasteiger partial charge < -0.3 is 19.2 Å². The Morgan fingerprint density at radius 3 is 2.46 bits per heavy atom. The molecule has 0 saturated carbocycles. The number of methoxy groups -OCH3 is 1. The fourth-order valence-corrected chi connectivity index (χ4v) is 5.27. The van der Waals surface area contributed by atoms with Crippen LogP contribution >= 0.6 is 0 Å².